The zero-order chi connectivity index (χ0) is 28.7. The van der Waals surface area contributed by atoms with Crippen molar-refractivity contribution in [1.82, 2.24) is 0 Å². The van der Waals surface area contributed by atoms with Crippen LogP contribution >= 0.6 is 0 Å². The van der Waals surface area contributed by atoms with E-state index in [1.807, 2.05) is 0 Å². The molecule has 232 valence electrons. The molecule has 0 spiro atoms. The molecule has 0 heterocycles. The Morgan fingerprint density at radius 2 is 0.846 bits per heavy atom. The van der Waals surface area contributed by atoms with Crippen molar-refractivity contribution in [1.29, 1.82) is 0 Å². The molecule has 0 aromatic heterocycles. The summed E-state index contributed by atoms with van der Waals surface area (Å²) < 4.78 is 11.0. The maximum Gasteiger partial charge on any atom is 0.306 e. The normalized spacial score (nSPS) is 12.0. The summed E-state index contributed by atoms with van der Waals surface area (Å²) in [5.74, 6) is -0.0719. The maximum absolute atomic E-state index is 12.0. The Labute approximate surface area is 244 Å². The van der Waals surface area contributed by atoms with E-state index in [-0.39, 0.29) is 18.0 Å². The second-order valence-corrected chi connectivity index (χ2v) is 11.8. The number of ether oxygens (including phenoxy) is 2. The monoisotopic (exact) mass is 553 g/mol. The van der Waals surface area contributed by atoms with Gasteiger partial charge in [0.1, 0.15) is 6.10 Å². The lowest BCUT2D eigenvalue weighted by atomic mass is 10.0. The summed E-state index contributed by atoms with van der Waals surface area (Å²) in [7, 11) is 0. The summed E-state index contributed by atoms with van der Waals surface area (Å²) in [6.45, 7) is 7.13. The highest BCUT2D eigenvalue weighted by Gasteiger charge is 2.11. The van der Waals surface area contributed by atoms with Gasteiger partial charge < -0.3 is 9.47 Å². The molecule has 4 heteroatoms. The van der Waals surface area contributed by atoms with Gasteiger partial charge in [0.25, 0.3) is 0 Å². The van der Waals surface area contributed by atoms with E-state index in [1.54, 1.807) is 0 Å². The van der Waals surface area contributed by atoms with Gasteiger partial charge in [0.15, 0.2) is 0 Å². The highest BCUT2D eigenvalue weighted by molar-refractivity contribution is 5.69. The zero-order valence-electron chi connectivity index (χ0n) is 26.7. The Bertz CT molecular complexity index is 519. The van der Waals surface area contributed by atoms with Gasteiger partial charge in [-0.25, -0.2) is 0 Å². The number of carbonyl (C=O) groups excluding carboxylic acids is 2. The molecule has 0 amide bonds. The molecule has 39 heavy (non-hydrogen) atoms. The first-order valence-corrected chi connectivity index (χ1v) is 17.5. The van der Waals surface area contributed by atoms with Crippen LogP contribution in [0, 0.1) is 0 Å². The predicted octanol–water partition coefficient (Wildman–Crippen LogP) is 11.4. The first kappa shape index (κ1) is 37.9. The quantitative estimate of drug-likeness (QED) is 0.0634. The molecular weight excluding hydrogens is 484 g/mol. The van der Waals surface area contributed by atoms with Crippen LogP contribution in [0.5, 0.6) is 0 Å². The van der Waals surface area contributed by atoms with Crippen LogP contribution in [0.15, 0.2) is 0 Å². The van der Waals surface area contributed by atoms with E-state index in [4.69, 9.17) is 9.47 Å². The van der Waals surface area contributed by atoms with Crippen molar-refractivity contribution in [2.45, 2.75) is 207 Å². The minimum absolute atomic E-state index is 0.0349. The van der Waals surface area contributed by atoms with Gasteiger partial charge in [-0.1, -0.05) is 156 Å². The Kier molecular flexibility index (Phi) is 30.6. The first-order chi connectivity index (χ1) is 19.1. The second kappa shape index (κ2) is 31.5. The summed E-state index contributed by atoms with van der Waals surface area (Å²) in [6.07, 6.45) is 33.2. The van der Waals surface area contributed by atoms with E-state index >= 15 is 0 Å². The molecule has 0 saturated heterocycles. The van der Waals surface area contributed by atoms with Gasteiger partial charge in [0, 0.05) is 12.8 Å². The van der Waals surface area contributed by atoms with Crippen LogP contribution in [-0.4, -0.2) is 24.6 Å². The SMILES string of the molecule is CCCCCCCCCCCCCCCCCCOC(=O)CCCCCCCCC(=O)OC(CC)CCCC. The van der Waals surface area contributed by atoms with Crippen LogP contribution in [-0.2, 0) is 19.1 Å². The minimum atomic E-state index is -0.0370. The molecule has 0 aliphatic heterocycles. The van der Waals surface area contributed by atoms with E-state index in [1.165, 1.54) is 96.3 Å². The van der Waals surface area contributed by atoms with Crippen LogP contribution in [0.2, 0.25) is 0 Å². The van der Waals surface area contributed by atoms with Crippen LogP contribution in [0.1, 0.15) is 201 Å². The third kappa shape index (κ3) is 29.7. The van der Waals surface area contributed by atoms with Gasteiger partial charge in [0.05, 0.1) is 6.61 Å². The Hall–Kier alpha value is -1.06. The largest absolute Gasteiger partial charge is 0.466 e. The lowest BCUT2D eigenvalue weighted by Crippen LogP contribution is -2.17. The van der Waals surface area contributed by atoms with Gasteiger partial charge >= 0.3 is 11.9 Å². The van der Waals surface area contributed by atoms with Crippen molar-refractivity contribution in [3.05, 3.63) is 0 Å². The van der Waals surface area contributed by atoms with Gasteiger partial charge in [-0.05, 0) is 32.1 Å². The van der Waals surface area contributed by atoms with Gasteiger partial charge in [0.2, 0.25) is 0 Å². The molecule has 0 aliphatic carbocycles. The molecule has 0 radical (unpaired) electrons. The van der Waals surface area contributed by atoms with E-state index < -0.39 is 0 Å². The second-order valence-electron chi connectivity index (χ2n) is 11.8. The standard InChI is InChI=1S/C35H68O4/c1-4-7-9-10-11-12-13-14-15-16-17-18-19-22-25-28-32-38-34(36)30-26-23-20-21-24-27-31-35(37)39-33(6-3)29-8-5-2/h33H,4-32H2,1-3H3. The molecule has 0 aromatic rings. The summed E-state index contributed by atoms with van der Waals surface area (Å²) in [6, 6.07) is 0. The third-order valence-electron chi connectivity index (χ3n) is 7.91. The molecule has 4 nitrogen and oxygen atoms in total. The van der Waals surface area contributed by atoms with E-state index in [9.17, 15) is 9.59 Å². The minimum Gasteiger partial charge on any atom is -0.466 e. The van der Waals surface area contributed by atoms with E-state index in [0.29, 0.717) is 19.4 Å². The van der Waals surface area contributed by atoms with E-state index in [2.05, 4.69) is 20.8 Å². The summed E-state index contributed by atoms with van der Waals surface area (Å²) >= 11 is 0. The highest BCUT2D eigenvalue weighted by Crippen LogP contribution is 2.15. The fraction of sp³-hybridized carbons (Fsp3) is 0.943. The topological polar surface area (TPSA) is 52.6 Å². The molecule has 0 saturated carbocycles. The molecule has 0 fully saturated rings. The van der Waals surface area contributed by atoms with Crippen molar-refractivity contribution >= 4 is 11.9 Å². The van der Waals surface area contributed by atoms with Gasteiger partial charge in [-0.15, -0.1) is 0 Å². The Morgan fingerprint density at radius 1 is 0.462 bits per heavy atom. The Morgan fingerprint density at radius 3 is 1.28 bits per heavy atom. The number of hydrogen-bond donors (Lipinski definition) is 0. The Balaban J connectivity index is 3.30. The molecule has 0 rings (SSSR count). The van der Waals surface area contributed by atoms with Crippen LogP contribution in [0.3, 0.4) is 0 Å². The summed E-state index contributed by atoms with van der Waals surface area (Å²) in [5.41, 5.74) is 0. The van der Waals surface area contributed by atoms with Crippen LogP contribution < -0.4 is 0 Å². The average molecular weight is 553 g/mol. The summed E-state index contributed by atoms with van der Waals surface area (Å²) in [4.78, 5) is 23.9. The molecule has 0 aliphatic rings. The molecule has 0 aromatic carbocycles. The van der Waals surface area contributed by atoms with E-state index in [0.717, 1.165) is 70.6 Å². The van der Waals surface area contributed by atoms with Gasteiger partial charge in [-0.2, -0.15) is 0 Å². The number of unbranched alkanes of at least 4 members (excludes halogenated alkanes) is 21. The fourth-order valence-electron chi connectivity index (χ4n) is 5.18. The maximum atomic E-state index is 12.0. The molecule has 0 bridgehead atoms. The predicted molar refractivity (Wildman–Crippen MR) is 167 cm³/mol. The van der Waals surface area contributed by atoms with Crippen LogP contribution in [0.25, 0.3) is 0 Å². The van der Waals surface area contributed by atoms with Crippen LogP contribution in [0.4, 0.5) is 0 Å². The first-order valence-electron chi connectivity index (χ1n) is 17.5. The molecular formula is C35H68O4. The number of carbonyl (C=O) groups is 2. The summed E-state index contributed by atoms with van der Waals surface area (Å²) in [5, 5.41) is 0. The van der Waals surface area contributed by atoms with Crippen molar-refractivity contribution in [3.8, 4) is 0 Å². The van der Waals surface area contributed by atoms with Crippen molar-refractivity contribution in [2.75, 3.05) is 6.61 Å². The molecule has 0 N–H and O–H groups in total. The van der Waals surface area contributed by atoms with Gasteiger partial charge in [-0.3, -0.25) is 9.59 Å². The van der Waals surface area contributed by atoms with Crippen molar-refractivity contribution in [2.24, 2.45) is 0 Å². The highest BCUT2D eigenvalue weighted by atomic mass is 16.5. The molecule has 1 unspecified atom stereocenters. The zero-order valence-corrected chi connectivity index (χ0v) is 26.7. The van der Waals surface area contributed by atoms with Crippen molar-refractivity contribution < 1.29 is 19.1 Å². The van der Waals surface area contributed by atoms with Crippen molar-refractivity contribution in [3.63, 3.8) is 0 Å². The molecule has 1 atom stereocenters. The lowest BCUT2D eigenvalue weighted by Gasteiger charge is -2.15. The number of rotatable bonds is 31. The third-order valence-corrected chi connectivity index (χ3v) is 7.91. The lowest BCUT2D eigenvalue weighted by molar-refractivity contribution is -0.149. The number of esters is 2. The average Bonchev–Trinajstić information content (AvgIpc) is 2.94. The number of hydrogen-bond acceptors (Lipinski definition) is 4. The fourth-order valence-corrected chi connectivity index (χ4v) is 5.18. The smallest absolute Gasteiger partial charge is 0.306 e.